The molecular weight excluding hydrogens is 1030 g/mol. The third kappa shape index (κ3) is 15.2. The summed E-state index contributed by atoms with van der Waals surface area (Å²) >= 11 is 0. The lowest BCUT2D eigenvalue weighted by Gasteiger charge is -2.26. The second kappa shape index (κ2) is 25.2. The number of benzene rings is 2. The van der Waals surface area contributed by atoms with Crippen molar-refractivity contribution in [3.63, 3.8) is 0 Å². The van der Waals surface area contributed by atoms with Gasteiger partial charge in [0.05, 0.1) is 50.9 Å². The van der Waals surface area contributed by atoms with E-state index in [9.17, 15) is 35.9 Å². The number of alkyl halides is 6. The van der Waals surface area contributed by atoms with Crippen molar-refractivity contribution in [2.24, 2.45) is 11.8 Å². The Balaban J connectivity index is 0.000000222. The van der Waals surface area contributed by atoms with Crippen LogP contribution >= 0.6 is 0 Å². The number of aliphatic hydroxyl groups is 2. The van der Waals surface area contributed by atoms with Crippen molar-refractivity contribution in [3.05, 3.63) is 95.6 Å². The first-order valence-corrected chi connectivity index (χ1v) is 27.9. The van der Waals surface area contributed by atoms with Crippen LogP contribution in [-0.4, -0.2) is 116 Å². The van der Waals surface area contributed by atoms with Crippen molar-refractivity contribution in [3.8, 4) is 45.3 Å². The lowest BCUT2D eigenvalue weighted by molar-refractivity contribution is -0.0509. The maximum absolute atomic E-state index is 13.3. The molecule has 14 nitrogen and oxygen atoms in total. The van der Waals surface area contributed by atoms with Gasteiger partial charge in [-0.3, -0.25) is 9.59 Å². The second-order valence-electron chi connectivity index (χ2n) is 21.6. The molecule has 2 fully saturated rings. The topological polar surface area (TPSA) is 170 Å². The van der Waals surface area contributed by atoms with E-state index in [2.05, 4.69) is 54.7 Å². The van der Waals surface area contributed by atoms with Gasteiger partial charge in [0.25, 0.3) is 0 Å². The monoisotopic (exact) mass is 1100 g/mol. The van der Waals surface area contributed by atoms with Crippen molar-refractivity contribution in [1.82, 2.24) is 29.9 Å². The average Bonchev–Trinajstić information content (AvgIpc) is 4.15. The van der Waals surface area contributed by atoms with Crippen molar-refractivity contribution >= 4 is 31.4 Å². The van der Waals surface area contributed by atoms with Crippen LogP contribution in [0.25, 0.3) is 33.3 Å². The first-order valence-electron chi connectivity index (χ1n) is 25.4. The number of halogens is 6. The largest absolute Gasteiger partial charge is 0.496 e. The van der Waals surface area contributed by atoms with Crippen LogP contribution in [0.4, 0.5) is 26.3 Å². The van der Waals surface area contributed by atoms with E-state index in [0.29, 0.717) is 51.4 Å². The van der Waals surface area contributed by atoms with Gasteiger partial charge in [-0.15, -0.1) is 0 Å². The van der Waals surface area contributed by atoms with Gasteiger partial charge in [0, 0.05) is 81.2 Å². The Morgan fingerprint density at radius 3 is 1.27 bits per heavy atom. The summed E-state index contributed by atoms with van der Waals surface area (Å²) in [7, 11) is 2.62. The SMILES string of the molecule is COc1cc(-c2cnn3cc(C(C)(C)NCCO)ccc23)cc(OC(F)F)c1C(=O)C[C@@H]1C[C@@H]1F.COc1cc(-c2cnn3cc(C(C)(C)NCCO)ccc23)cc(OC(F)F)c1C(=O)C[C@@H]1C[C@@H]1F.C[Si](C)C(C)(C)C. The van der Waals surface area contributed by atoms with E-state index >= 15 is 0 Å². The Kier molecular flexibility index (Phi) is 19.7. The van der Waals surface area contributed by atoms with Crippen molar-refractivity contribution in [2.75, 3.05) is 40.5 Å². The summed E-state index contributed by atoms with van der Waals surface area (Å²) in [5.41, 5.74) is 4.38. The summed E-state index contributed by atoms with van der Waals surface area (Å²) in [4.78, 5) is 25.7. The van der Waals surface area contributed by atoms with E-state index in [1.165, 1.54) is 26.4 Å². The number of nitrogens with zero attached hydrogens (tertiary/aromatic N) is 4. The number of nitrogens with one attached hydrogen (secondary N) is 2. The molecule has 0 unspecified atom stereocenters. The highest BCUT2D eigenvalue weighted by atomic mass is 28.3. The molecule has 0 saturated heterocycles. The van der Waals surface area contributed by atoms with E-state index in [4.69, 9.17) is 29.2 Å². The van der Waals surface area contributed by atoms with E-state index in [0.717, 1.165) is 11.1 Å². The molecular formula is C56H71F6N6O8Si. The molecule has 2 aromatic carbocycles. The van der Waals surface area contributed by atoms with Gasteiger partial charge in [0.1, 0.15) is 46.5 Å². The number of carbonyl (C=O) groups excluding carboxylic acids is 2. The zero-order valence-electron chi connectivity index (χ0n) is 45.4. The first-order chi connectivity index (χ1) is 36.2. The third-order valence-corrected chi connectivity index (χ3v) is 17.1. The maximum Gasteiger partial charge on any atom is 0.387 e. The molecule has 2 aliphatic rings. The minimum absolute atomic E-state index is 0.00988. The Bertz CT molecular complexity index is 2810. The van der Waals surface area contributed by atoms with Crippen LogP contribution in [0, 0.1) is 11.8 Å². The minimum Gasteiger partial charge on any atom is -0.496 e. The lowest BCUT2D eigenvalue weighted by Crippen LogP contribution is -2.38. The molecule has 4 heterocycles. The summed E-state index contributed by atoms with van der Waals surface area (Å²) in [6.07, 6.45) is 5.15. The van der Waals surface area contributed by atoms with Crippen LogP contribution in [-0.2, 0) is 11.1 Å². The summed E-state index contributed by atoms with van der Waals surface area (Å²) in [6.45, 7) is 14.1. The van der Waals surface area contributed by atoms with E-state index in [-0.39, 0.29) is 81.8 Å². The van der Waals surface area contributed by atoms with Gasteiger partial charge in [0.2, 0.25) is 0 Å². The van der Waals surface area contributed by atoms with Gasteiger partial charge in [-0.2, -0.15) is 27.8 Å². The van der Waals surface area contributed by atoms with Crippen LogP contribution in [0.15, 0.2) is 73.3 Å². The van der Waals surface area contributed by atoms with Gasteiger partial charge >= 0.3 is 13.2 Å². The number of ketones is 2. The van der Waals surface area contributed by atoms with Gasteiger partial charge in [-0.25, -0.2) is 17.8 Å². The fraction of sp³-hybridized carbons (Fsp3) is 0.500. The molecule has 21 heteroatoms. The highest BCUT2D eigenvalue weighted by Gasteiger charge is 2.41. The molecule has 1 radical (unpaired) electrons. The number of carbonyl (C=O) groups is 2. The number of methoxy groups -OCH3 is 2. The Labute approximate surface area is 447 Å². The number of aromatic nitrogens is 4. The predicted molar refractivity (Wildman–Crippen MR) is 285 cm³/mol. The van der Waals surface area contributed by atoms with E-state index in [1.54, 1.807) is 33.6 Å². The Morgan fingerprint density at radius 1 is 0.649 bits per heavy atom. The van der Waals surface area contributed by atoms with Gasteiger partial charge < -0.3 is 39.8 Å². The maximum atomic E-state index is 13.3. The zero-order valence-corrected chi connectivity index (χ0v) is 46.4. The summed E-state index contributed by atoms with van der Waals surface area (Å²) in [6, 6.07) is 13.4. The standard InChI is InChI=1S/2C25H28F3N3O4.C6H15Si/c2*1-25(2,29-6-7-32)16-4-5-19-17(12-30-31(19)13-16)14-10-21(34-3)23(22(11-14)35-24(27)28)20(33)9-15-8-18(15)26;1-6(2,3)7(4)5/h2*4-5,10-13,15,18,24,29,32H,6-9H2,1-3H3;1-5H3/t2*15-,18-;/m00./s1. The number of pyridine rings is 2. The minimum atomic E-state index is -3.16. The van der Waals surface area contributed by atoms with E-state index in [1.807, 2.05) is 64.4 Å². The van der Waals surface area contributed by atoms with Gasteiger partial charge in [0.15, 0.2) is 11.6 Å². The second-order valence-corrected chi connectivity index (χ2v) is 25.1. The molecule has 419 valence electrons. The number of aliphatic hydroxyl groups excluding tert-OH is 2. The molecule has 4 atom stereocenters. The average molecular weight is 1100 g/mol. The highest BCUT2D eigenvalue weighted by molar-refractivity contribution is 6.59. The molecule has 8 rings (SSSR count). The first kappa shape index (κ1) is 60.2. The summed E-state index contributed by atoms with van der Waals surface area (Å²) in [5, 5.41) is 34.2. The fourth-order valence-electron chi connectivity index (χ4n) is 8.36. The molecule has 2 saturated carbocycles. The quantitative estimate of drug-likeness (QED) is 0.0289. The van der Waals surface area contributed by atoms with Gasteiger partial charge in [-0.1, -0.05) is 46.0 Å². The van der Waals surface area contributed by atoms with Crippen LogP contribution in [0.2, 0.25) is 18.1 Å². The zero-order chi connectivity index (χ0) is 56.7. The molecule has 2 aliphatic carbocycles. The molecule has 4 N–H and O–H groups in total. The summed E-state index contributed by atoms with van der Waals surface area (Å²) < 4.78 is 103. The number of hydrogen-bond acceptors (Lipinski definition) is 12. The number of Topliss-reactive ketones (excluding diaryl/α,β-unsaturated/α-hetero) is 2. The number of ether oxygens (including phenoxy) is 4. The van der Waals surface area contributed by atoms with Crippen LogP contribution in [0.5, 0.6) is 23.0 Å². The van der Waals surface area contributed by atoms with Crippen molar-refractivity contribution in [2.45, 2.75) is 129 Å². The van der Waals surface area contributed by atoms with Crippen LogP contribution in [0.1, 0.15) is 106 Å². The Hall–Kier alpha value is -6.00. The summed E-state index contributed by atoms with van der Waals surface area (Å²) in [5.74, 6) is -2.31. The lowest BCUT2D eigenvalue weighted by atomic mass is 9.95. The molecule has 0 spiro atoms. The molecule has 4 aromatic heterocycles. The van der Waals surface area contributed by atoms with Crippen LogP contribution in [0.3, 0.4) is 0 Å². The molecule has 6 aromatic rings. The highest BCUT2D eigenvalue weighted by Crippen LogP contribution is 2.44. The number of hydrogen-bond donors (Lipinski definition) is 4. The third-order valence-electron chi connectivity index (χ3n) is 14.1. The molecule has 0 aliphatic heterocycles. The molecule has 0 bridgehead atoms. The normalized spacial score (nSPS) is 17.3. The van der Waals surface area contributed by atoms with Crippen LogP contribution < -0.4 is 29.6 Å². The van der Waals surface area contributed by atoms with Crippen molar-refractivity contribution in [1.29, 1.82) is 0 Å². The number of fused-ring (bicyclic) bond motifs is 2. The van der Waals surface area contributed by atoms with E-state index < -0.39 is 60.0 Å². The molecule has 0 amide bonds. The molecule has 77 heavy (non-hydrogen) atoms. The number of rotatable bonds is 22. The van der Waals surface area contributed by atoms with Crippen molar-refractivity contribution < 1.29 is 65.1 Å². The van der Waals surface area contributed by atoms with Gasteiger partial charge in [-0.05, 0) is 104 Å². The predicted octanol–water partition coefficient (Wildman–Crippen LogP) is 11.3. The smallest absolute Gasteiger partial charge is 0.387 e. The Morgan fingerprint density at radius 2 is 0.987 bits per heavy atom. The fourth-order valence-corrected chi connectivity index (χ4v) is 8.36.